The lowest BCUT2D eigenvalue weighted by molar-refractivity contribution is 0.233. The topological polar surface area (TPSA) is 28.2 Å². The van der Waals surface area contributed by atoms with Gasteiger partial charge in [0, 0.05) is 38.1 Å². The van der Waals surface area contributed by atoms with Gasteiger partial charge in [0.05, 0.1) is 0 Å². The molecule has 0 spiro atoms. The molecular weight excluding hydrogens is 234 g/mol. The number of nitrogens with one attached hydrogen (secondary N) is 1. The Kier molecular flexibility index (Phi) is 9.04. The van der Waals surface area contributed by atoms with Crippen molar-refractivity contribution < 1.29 is 0 Å². The number of halogens is 1. The standard InChI is InChI=1S/C13H23N3.ClH/c1-4-16(12(2)3)10-9-15-11-13-5-7-14-8-6-13;/h5-8,12,15H,4,9-11H2,1-3H3;1H. The molecule has 1 aromatic rings. The Hall–Kier alpha value is -0.640. The normalized spacial score (nSPS) is 10.6. The summed E-state index contributed by atoms with van der Waals surface area (Å²) in [6.45, 7) is 10.9. The Balaban J connectivity index is 0.00000256. The predicted octanol–water partition coefficient (Wildman–Crippen LogP) is 2.32. The second-order valence-corrected chi connectivity index (χ2v) is 4.25. The summed E-state index contributed by atoms with van der Waals surface area (Å²) in [7, 11) is 0. The smallest absolute Gasteiger partial charge is 0.0271 e. The lowest BCUT2D eigenvalue weighted by Gasteiger charge is -2.24. The minimum atomic E-state index is 0. The van der Waals surface area contributed by atoms with E-state index < -0.39 is 0 Å². The lowest BCUT2D eigenvalue weighted by Crippen LogP contribution is -2.36. The van der Waals surface area contributed by atoms with Crippen LogP contribution in [-0.2, 0) is 6.54 Å². The van der Waals surface area contributed by atoms with Gasteiger partial charge in [-0.05, 0) is 38.1 Å². The lowest BCUT2D eigenvalue weighted by atomic mass is 10.2. The van der Waals surface area contributed by atoms with Crippen LogP contribution in [0.15, 0.2) is 24.5 Å². The van der Waals surface area contributed by atoms with Crippen molar-refractivity contribution in [1.29, 1.82) is 0 Å². The molecule has 0 aromatic carbocycles. The fourth-order valence-corrected chi connectivity index (χ4v) is 1.74. The second-order valence-electron chi connectivity index (χ2n) is 4.25. The highest BCUT2D eigenvalue weighted by Crippen LogP contribution is 1.97. The summed E-state index contributed by atoms with van der Waals surface area (Å²) >= 11 is 0. The van der Waals surface area contributed by atoms with Gasteiger partial charge in [-0.25, -0.2) is 0 Å². The summed E-state index contributed by atoms with van der Waals surface area (Å²) in [5.41, 5.74) is 1.29. The van der Waals surface area contributed by atoms with E-state index in [1.165, 1.54) is 5.56 Å². The number of pyridine rings is 1. The van der Waals surface area contributed by atoms with E-state index in [0.717, 1.165) is 26.2 Å². The SMILES string of the molecule is CCN(CCNCc1ccncc1)C(C)C.Cl. The highest BCUT2D eigenvalue weighted by Gasteiger charge is 2.05. The van der Waals surface area contributed by atoms with E-state index in [9.17, 15) is 0 Å². The maximum absolute atomic E-state index is 4.00. The molecule has 0 radical (unpaired) electrons. The van der Waals surface area contributed by atoms with Crippen LogP contribution in [-0.4, -0.2) is 35.6 Å². The summed E-state index contributed by atoms with van der Waals surface area (Å²) < 4.78 is 0. The average Bonchev–Trinajstić information content (AvgIpc) is 2.30. The summed E-state index contributed by atoms with van der Waals surface area (Å²) in [6.07, 6.45) is 3.67. The van der Waals surface area contributed by atoms with Crippen LogP contribution in [0.5, 0.6) is 0 Å². The third-order valence-corrected chi connectivity index (χ3v) is 2.79. The van der Waals surface area contributed by atoms with E-state index in [4.69, 9.17) is 0 Å². The van der Waals surface area contributed by atoms with Crippen LogP contribution in [0.1, 0.15) is 26.3 Å². The molecule has 0 atom stereocenters. The summed E-state index contributed by atoms with van der Waals surface area (Å²) in [5.74, 6) is 0. The zero-order valence-corrected chi connectivity index (χ0v) is 11.8. The average molecular weight is 258 g/mol. The van der Waals surface area contributed by atoms with Gasteiger partial charge >= 0.3 is 0 Å². The van der Waals surface area contributed by atoms with E-state index in [0.29, 0.717) is 6.04 Å². The molecule has 4 heteroatoms. The van der Waals surface area contributed by atoms with Crippen LogP contribution in [0.3, 0.4) is 0 Å². The van der Waals surface area contributed by atoms with E-state index in [1.807, 2.05) is 24.5 Å². The molecule has 0 aliphatic rings. The van der Waals surface area contributed by atoms with E-state index in [2.05, 4.69) is 36.0 Å². The molecular formula is C13H24ClN3. The van der Waals surface area contributed by atoms with Crippen LogP contribution in [0.2, 0.25) is 0 Å². The van der Waals surface area contributed by atoms with E-state index in [1.54, 1.807) is 0 Å². The molecule has 1 aromatic heterocycles. The first-order valence-corrected chi connectivity index (χ1v) is 6.07. The number of likely N-dealkylation sites (N-methyl/N-ethyl adjacent to an activating group) is 1. The number of nitrogens with zero attached hydrogens (tertiary/aromatic N) is 2. The number of hydrogen-bond acceptors (Lipinski definition) is 3. The van der Waals surface area contributed by atoms with Gasteiger partial charge in [0.15, 0.2) is 0 Å². The third kappa shape index (κ3) is 6.61. The van der Waals surface area contributed by atoms with Gasteiger partial charge in [0.2, 0.25) is 0 Å². The molecule has 0 bridgehead atoms. The molecule has 3 nitrogen and oxygen atoms in total. The highest BCUT2D eigenvalue weighted by molar-refractivity contribution is 5.85. The van der Waals surface area contributed by atoms with Gasteiger partial charge in [-0.3, -0.25) is 9.88 Å². The Morgan fingerprint density at radius 1 is 1.29 bits per heavy atom. The summed E-state index contributed by atoms with van der Waals surface area (Å²) in [5, 5.41) is 3.45. The van der Waals surface area contributed by atoms with Crippen molar-refractivity contribution in [2.45, 2.75) is 33.4 Å². The van der Waals surface area contributed by atoms with E-state index >= 15 is 0 Å². The van der Waals surface area contributed by atoms with Gasteiger partial charge in [-0.15, -0.1) is 12.4 Å². The number of aromatic nitrogens is 1. The Morgan fingerprint density at radius 3 is 2.47 bits per heavy atom. The largest absolute Gasteiger partial charge is 0.311 e. The monoisotopic (exact) mass is 257 g/mol. The van der Waals surface area contributed by atoms with Gasteiger partial charge in [0.1, 0.15) is 0 Å². The second kappa shape index (κ2) is 9.40. The molecule has 0 aliphatic carbocycles. The van der Waals surface area contributed by atoms with Crippen LogP contribution in [0, 0.1) is 0 Å². The molecule has 1 N–H and O–H groups in total. The van der Waals surface area contributed by atoms with Crippen molar-refractivity contribution >= 4 is 12.4 Å². The molecule has 0 unspecified atom stereocenters. The van der Waals surface area contributed by atoms with Gasteiger partial charge in [-0.2, -0.15) is 0 Å². The fraction of sp³-hybridized carbons (Fsp3) is 0.615. The molecule has 0 fully saturated rings. The van der Waals surface area contributed by atoms with Gasteiger partial charge in [0.25, 0.3) is 0 Å². The van der Waals surface area contributed by atoms with Crippen LogP contribution < -0.4 is 5.32 Å². The zero-order chi connectivity index (χ0) is 11.8. The molecule has 0 aliphatic heterocycles. The first kappa shape index (κ1) is 16.4. The van der Waals surface area contributed by atoms with Gasteiger partial charge < -0.3 is 5.32 Å². The first-order chi connectivity index (χ1) is 7.74. The van der Waals surface area contributed by atoms with Crippen molar-refractivity contribution in [2.24, 2.45) is 0 Å². The molecule has 98 valence electrons. The van der Waals surface area contributed by atoms with Crippen molar-refractivity contribution in [1.82, 2.24) is 15.2 Å². The van der Waals surface area contributed by atoms with E-state index in [-0.39, 0.29) is 12.4 Å². The maximum Gasteiger partial charge on any atom is 0.0271 e. The predicted molar refractivity (Wildman–Crippen MR) is 75.6 cm³/mol. The van der Waals surface area contributed by atoms with Crippen molar-refractivity contribution in [2.75, 3.05) is 19.6 Å². The number of hydrogen-bond donors (Lipinski definition) is 1. The van der Waals surface area contributed by atoms with Crippen molar-refractivity contribution in [3.63, 3.8) is 0 Å². The van der Waals surface area contributed by atoms with Crippen LogP contribution >= 0.6 is 12.4 Å². The molecule has 0 saturated carbocycles. The summed E-state index contributed by atoms with van der Waals surface area (Å²) in [6, 6.07) is 4.73. The fourth-order valence-electron chi connectivity index (χ4n) is 1.74. The third-order valence-electron chi connectivity index (χ3n) is 2.79. The Morgan fingerprint density at radius 2 is 1.94 bits per heavy atom. The molecule has 0 amide bonds. The van der Waals surface area contributed by atoms with Crippen molar-refractivity contribution in [3.05, 3.63) is 30.1 Å². The van der Waals surface area contributed by atoms with Gasteiger partial charge in [-0.1, -0.05) is 6.92 Å². The molecule has 1 rings (SSSR count). The zero-order valence-electron chi connectivity index (χ0n) is 11.0. The maximum atomic E-state index is 4.00. The van der Waals surface area contributed by atoms with Crippen LogP contribution in [0.25, 0.3) is 0 Å². The first-order valence-electron chi connectivity index (χ1n) is 6.07. The van der Waals surface area contributed by atoms with Crippen molar-refractivity contribution in [3.8, 4) is 0 Å². The summed E-state index contributed by atoms with van der Waals surface area (Å²) in [4.78, 5) is 6.46. The van der Waals surface area contributed by atoms with Crippen LogP contribution in [0.4, 0.5) is 0 Å². The minimum Gasteiger partial charge on any atom is -0.311 e. The molecule has 17 heavy (non-hydrogen) atoms. The Bertz CT molecular complexity index is 277. The quantitative estimate of drug-likeness (QED) is 0.760. The number of rotatable bonds is 7. The minimum absolute atomic E-state index is 0. The molecule has 0 saturated heterocycles. The molecule has 1 heterocycles. The highest BCUT2D eigenvalue weighted by atomic mass is 35.5. The Labute approximate surface area is 111 Å².